The number of aromatic nitrogens is 1. The summed E-state index contributed by atoms with van der Waals surface area (Å²) in [6.45, 7) is 10.6. The van der Waals surface area contributed by atoms with Crippen LogP contribution in [0.1, 0.15) is 127 Å². The van der Waals surface area contributed by atoms with Crippen molar-refractivity contribution in [3.05, 3.63) is 23.0 Å². The van der Waals surface area contributed by atoms with E-state index in [1.54, 1.807) is 0 Å². The van der Waals surface area contributed by atoms with Crippen LogP contribution in [-0.2, 0) is 27.4 Å². The molecule has 1 aliphatic heterocycles. The first-order chi connectivity index (χ1) is 17.6. The van der Waals surface area contributed by atoms with Crippen molar-refractivity contribution in [1.82, 2.24) is 4.98 Å². The number of rotatable bonds is 19. The second-order valence-corrected chi connectivity index (χ2v) is 12.0. The fourth-order valence-electron chi connectivity index (χ4n) is 4.93. The number of quaternary nitrogens is 1. The van der Waals surface area contributed by atoms with E-state index in [-0.39, 0.29) is 18.4 Å². The van der Waals surface area contributed by atoms with Crippen LogP contribution in [0.2, 0.25) is 0 Å². The summed E-state index contributed by atoms with van der Waals surface area (Å²) in [5, 5.41) is 0. The van der Waals surface area contributed by atoms with E-state index in [9.17, 15) is 4.79 Å². The van der Waals surface area contributed by atoms with Gasteiger partial charge in [0, 0.05) is 37.6 Å². The Morgan fingerprint density at radius 3 is 2.11 bits per heavy atom. The maximum Gasteiger partial charge on any atom is 0.305 e. The number of nitrogens with zero attached hydrogens (tertiary/aromatic N) is 2. The van der Waals surface area contributed by atoms with Gasteiger partial charge in [0.2, 0.25) is 5.79 Å². The maximum atomic E-state index is 12.2. The zero-order chi connectivity index (χ0) is 27.2. The highest BCUT2D eigenvalue weighted by Crippen LogP contribution is 2.35. The van der Waals surface area contributed by atoms with Crippen LogP contribution in [0.25, 0.3) is 0 Å². The Bertz CT molecular complexity index is 813. The van der Waals surface area contributed by atoms with Gasteiger partial charge in [-0.3, -0.25) is 9.78 Å². The first kappa shape index (κ1) is 34.7. The molecule has 7 heteroatoms. The average molecular weight is 555 g/mol. The molecule has 0 aliphatic carbocycles. The molecule has 0 unspecified atom stereocenters. The normalized spacial score (nSPS) is 14.4. The molecule has 1 aromatic heterocycles. The van der Waals surface area contributed by atoms with Crippen LogP contribution in [0.3, 0.4) is 0 Å². The van der Waals surface area contributed by atoms with Crippen molar-refractivity contribution in [1.29, 1.82) is 0 Å². The highest BCUT2D eigenvalue weighted by molar-refractivity contribution is 5.69. The van der Waals surface area contributed by atoms with Crippen LogP contribution < -0.4 is 17.1 Å². The number of pyridine rings is 1. The van der Waals surface area contributed by atoms with E-state index >= 15 is 0 Å². The number of fused-ring (bicyclic) bond motifs is 1. The smallest absolute Gasteiger partial charge is 0.305 e. The molecule has 38 heavy (non-hydrogen) atoms. The van der Waals surface area contributed by atoms with Crippen molar-refractivity contribution >= 4 is 5.97 Å². The predicted octanol–water partition coefficient (Wildman–Crippen LogP) is 4.64. The van der Waals surface area contributed by atoms with Crippen molar-refractivity contribution in [2.75, 3.05) is 27.2 Å². The maximum absolute atomic E-state index is 12.2. The van der Waals surface area contributed by atoms with Gasteiger partial charge in [-0.25, -0.2) is 0 Å². The van der Waals surface area contributed by atoms with E-state index in [1.807, 2.05) is 27.0 Å². The molecule has 220 valence electrons. The van der Waals surface area contributed by atoms with Crippen LogP contribution in [0.4, 0.5) is 0 Å². The quantitative estimate of drug-likeness (QED) is 0.142. The van der Waals surface area contributed by atoms with E-state index in [1.165, 1.54) is 70.6 Å². The van der Waals surface area contributed by atoms with Gasteiger partial charge < -0.3 is 31.1 Å². The number of aryl methyl sites for hydroxylation is 1. The van der Waals surface area contributed by atoms with Gasteiger partial charge in [0.1, 0.15) is 25.4 Å². The number of likely N-dealkylation sites (N-methyl/N-ethyl adjacent to an activating group) is 1. The van der Waals surface area contributed by atoms with Gasteiger partial charge in [-0.2, -0.15) is 0 Å². The number of carbonyl (C=O) groups excluding carboxylic acids is 1. The lowest BCUT2D eigenvalue weighted by atomic mass is 10.0. The summed E-state index contributed by atoms with van der Waals surface area (Å²) in [7, 11) is 4.31. The molecule has 0 amide bonds. The Morgan fingerprint density at radius 1 is 0.974 bits per heavy atom. The third-order valence-electron chi connectivity index (χ3n) is 7.36. The van der Waals surface area contributed by atoms with Gasteiger partial charge in [0.05, 0.1) is 26.4 Å². The molecule has 0 fully saturated rings. The predicted molar refractivity (Wildman–Crippen MR) is 150 cm³/mol. The molecule has 6 nitrogen and oxygen atoms in total. The molecule has 0 saturated carbocycles. The third kappa shape index (κ3) is 13.6. The lowest BCUT2D eigenvalue weighted by Crippen LogP contribution is -3.00. The zero-order valence-electron chi connectivity index (χ0n) is 25.2. The molecule has 0 aromatic carbocycles. The van der Waals surface area contributed by atoms with Crippen LogP contribution in [0.5, 0.6) is 5.75 Å². The Labute approximate surface area is 239 Å². The number of halogens is 1. The first-order valence-electron chi connectivity index (χ1n) is 14.9. The molecule has 2 heterocycles. The van der Waals surface area contributed by atoms with E-state index < -0.39 is 5.79 Å². The minimum Gasteiger partial charge on any atom is -1.00 e. The molecule has 0 spiro atoms. The van der Waals surface area contributed by atoms with Crippen LogP contribution in [0, 0.1) is 6.92 Å². The molecular formula is C31H55ClN2O4. The SMILES string of the molecule is CCCCCCCCCCCCCCCC(=O)OCC[N+](C)(C)Cc1cnc(C)c2c1COC(C)(C)O2.[Cl-]. The van der Waals surface area contributed by atoms with Gasteiger partial charge in [-0.1, -0.05) is 84.0 Å². The second kappa shape index (κ2) is 18.1. The van der Waals surface area contributed by atoms with Crippen molar-refractivity contribution in [2.45, 2.75) is 137 Å². The molecule has 0 radical (unpaired) electrons. The molecule has 1 aliphatic rings. The van der Waals surface area contributed by atoms with Crippen molar-refractivity contribution < 1.29 is 35.9 Å². The minimum absolute atomic E-state index is 0. The Kier molecular flexibility index (Phi) is 16.5. The number of unbranched alkanes of at least 4 members (excludes halogenated alkanes) is 12. The number of hydrogen-bond donors (Lipinski definition) is 0. The van der Waals surface area contributed by atoms with Gasteiger partial charge in [0.15, 0.2) is 0 Å². The van der Waals surface area contributed by atoms with Gasteiger partial charge in [-0.15, -0.1) is 0 Å². The monoisotopic (exact) mass is 554 g/mol. The fraction of sp³-hybridized carbons (Fsp3) is 0.806. The molecule has 0 bridgehead atoms. The Hall–Kier alpha value is -1.37. The van der Waals surface area contributed by atoms with E-state index in [0.29, 0.717) is 24.1 Å². The highest BCUT2D eigenvalue weighted by Gasteiger charge is 2.32. The van der Waals surface area contributed by atoms with Crippen LogP contribution in [0.15, 0.2) is 6.20 Å². The number of carbonyl (C=O) groups is 1. The molecule has 0 atom stereocenters. The summed E-state index contributed by atoms with van der Waals surface area (Å²) in [5.74, 6) is 0.142. The van der Waals surface area contributed by atoms with Gasteiger partial charge in [0.25, 0.3) is 0 Å². The van der Waals surface area contributed by atoms with E-state index in [4.69, 9.17) is 14.2 Å². The Morgan fingerprint density at radius 2 is 1.53 bits per heavy atom. The van der Waals surface area contributed by atoms with Crippen molar-refractivity contribution in [3.8, 4) is 5.75 Å². The molecule has 0 saturated heterocycles. The van der Waals surface area contributed by atoms with Crippen LogP contribution in [-0.4, -0.2) is 48.5 Å². The summed E-state index contributed by atoms with van der Waals surface area (Å²) < 4.78 is 18.2. The Balaban J connectivity index is 0.00000722. The van der Waals surface area contributed by atoms with E-state index in [0.717, 1.165) is 48.5 Å². The topological polar surface area (TPSA) is 57.7 Å². The summed E-state index contributed by atoms with van der Waals surface area (Å²) in [6.07, 6.45) is 19.5. The summed E-state index contributed by atoms with van der Waals surface area (Å²) >= 11 is 0. The second-order valence-electron chi connectivity index (χ2n) is 12.0. The van der Waals surface area contributed by atoms with Gasteiger partial charge in [-0.05, 0) is 13.3 Å². The fourth-order valence-corrected chi connectivity index (χ4v) is 4.93. The summed E-state index contributed by atoms with van der Waals surface area (Å²) in [6, 6.07) is 0. The first-order valence-corrected chi connectivity index (χ1v) is 14.9. The van der Waals surface area contributed by atoms with Crippen molar-refractivity contribution in [3.63, 3.8) is 0 Å². The van der Waals surface area contributed by atoms with Crippen molar-refractivity contribution in [2.24, 2.45) is 0 Å². The lowest BCUT2D eigenvalue weighted by molar-refractivity contribution is -0.903. The average Bonchev–Trinajstić information content (AvgIpc) is 2.83. The van der Waals surface area contributed by atoms with Crippen LogP contribution >= 0.6 is 0 Å². The number of esters is 1. The molecular weight excluding hydrogens is 500 g/mol. The van der Waals surface area contributed by atoms with E-state index in [2.05, 4.69) is 26.0 Å². The summed E-state index contributed by atoms with van der Waals surface area (Å²) in [4.78, 5) is 16.8. The van der Waals surface area contributed by atoms with Gasteiger partial charge >= 0.3 is 5.97 Å². The molecule has 0 N–H and O–H groups in total. The largest absolute Gasteiger partial charge is 1.00 e. The highest BCUT2D eigenvalue weighted by atomic mass is 35.5. The minimum atomic E-state index is -0.635. The standard InChI is InChI=1S/C31H55N2O4.ClH/c1-7-8-9-10-11-12-13-14-15-16-17-18-19-20-29(34)35-22-21-33(5,6)24-27-23-32-26(2)30-28(27)25-36-31(3,4)37-30;/h23H,7-22,24-25H2,1-6H3;1H/q+1;/p-1. The number of ether oxygens (including phenoxy) is 3. The third-order valence-corrected chi connectivity index (χ3v) is 7.36. The summed E-state index contributed by atoms with van der Waals surface area (Å²) in [5.41, 5.74) is 3.10. The lowest BCUT2D eigenvalue weighted by Gasteiger charge is -2.35. The molecule has 1 aromatic rings. The zero-order valence-corrected chi connectivity index (χ0v) is 26.0. The molecule has 2 rings (SSSR count). The number of hydrogen-bond acceptors (Lipinski definition) is 5.